The second-order valence-corrected chi connectivity index (χ2v) is 7.87. The van der Waals surface area contributed by atoms with Crippen LogP contribution in [0.3, 0.4) is 0 Å². The molecule has 3 aliphatic rings. The number of Topliss-reactive ketones (excluding diaryl/α,β-unsaturated/α-hetero) is 2. The molecule has 6 heteroatoms. The molecular weight excluding hydrogens is 356 g/mol. The monoisotopic (exact) mass is 380 g/mol. The maximum absolute atomic E-state index is 13.2. The number of benzene rings is 1. The van der Waals surface area contributed by atoms with Crippen LogP contribution in [0.4, 0.5) is 0 Å². The van der Waals surface area contributed by atoms with Gasteiger partial charge in [-0.05, 0) is 42.2 Å². The third-order valence-electron chi connectivity index (χ3n) is 6.29. The Hall–Kier alpha value is -2.57. The number of primary amides is 1. The Balaban J connectivity index is 1.70. The Labute approximate surface area is 164 Å². The quantitative estimate of drug-likeness (QED) is 0.637. The van der Waals surface area contributed by atoms with Gasteiger partial charge in [-0.3, -0.25) is 14.4 Å². The number of hydrogen-bond donors (Lipinski definition) is 1. The van der Waals surface area contributed by atoms with E-state index >= 15 is 0 Å². The highest BCUT2D eigenvalue weighted by Crippen LogP contribution is 2.45. The molecule has 0 aliphatic heterocycles. The van der Waals surface area contributed by atoms with Crippen molar-refractivity contribution in [2.75, 3.05) is 14.2 Å². The highest BCUT2D eigenvalue weighted by Gasteiger charge is 2.43. The average molecular weight is 380 g/mol. The topological polar surface area (TPSA) is 89.7 Å². The minimum absolute atomic E-state index is 0.00500. The van der Waals surface area contributed by atoms with Gasteiger partial charge >= 0.3 is 0 Å². The van der Waals surface area contributed by atoms with Crippen LogP contribution in [-0.2, 0) is 27.4 Å². The van der Waals surface area contributed by atoms with Gasteiger partial charge in [0.05, 0.1) is 12.7 Å². The molecule has 0 heterocycles. The van der Waals surface area contributed by atoms with Crippen LogP contribution in [0, 0.1) is 17.8 Å². The molecule has 1 aromatic carbocycles. The van der Waals surface area contributed by atoms with E-state index in [4.69, 9.17) is 10.6 Å². The molecule has 0 saturated heterocycles. The van der Waals surface area contributed by atoms with Gasteiger partial charge in [-0.15, -0.1) is 0 Å². The van der Waals surface area contributed by atoms with Crippen molar-refractivity contribution < 1.29 is 19.2 Å². The number of allylic oxidation sites excluding steroid dienone is 3. The van der Waals surface area contributed by atoms with E-state index in [1.54, 1.807) is 18.2 Å². The first-order valence-electron chi connectivity index (χ1n) is 9.57. The lowest BCUT2D eigenvalue weighted by atomic mass is 9.63. The van der Waals surface area contributed by atoms with Crippen molar-refractivity contribution in [1.29, 1.82) is 0 Å². The summed E-state index contributed by atoms with van der Waals surface area (Å²) in [5.41, 5.74) is 9.00. The van der Waals surface area contributed by atoms with Crippen LogP contribution in [0.25, 0.3) is 0 Å². The molecule has 0 radical (unpaired) electrons. The van der Waals surface area contributed by atoms with Gasteiger partial charge in [0.1, 0.15) is 0 Å². The zero-order chi connectivity index (χ0) is 20.0. The fraction of sp³-hybridized carbons (Fsp3) is 0.409. The molecule has 1 amide bonds. The Morgan fingerprint density at radius 2 is 2.11 bits per heavy atom. The van der Waals surface area contributed by atoms with E-state index in [1.807, 2.05) is 31.3 Å². The molecule has 3 atom stereocenters. The average Bonchev–Trinajstić information content (AvgIpc) is 2.68. The van der Waals surface area contributed by atoms with Crippen LogP contribution in [0.2, 0.25) is 0 Å². The van der Waals surface area contributed by atoms with E-state index in [1.165, 1.54) is 0 Å². The molecule has 3 unspecified atom stereocenters. The molecular formula is C22H24N2O4. The van der Waals surface area contributed by atoms with Crippen LogP contribution in [-0.4, -0.2) is 36.7 Å². The van der Waals surface area contributed by atoms with E-state index in [2.05, 4.69) is 0 Å². The van der Waals surface area contributed by atoms with Crippen LogP contribution in [0.15, 0.2) is 41.5 Å². The lowest BCUT2D eigenvalue weighted by Gasteiger charge is -2.39. The SMILES string of the molecule is CON(C)Cc1cccc2c1CC1CC3CC=C(C(N)=O)C(=O)C3C=C1C2=O. The molecule has 1 aromatic rings. The standard InChI is InChI=1S/C22H24N2O4/c1-24(28-2)11-13-4-3-5-15-17(13)9-14-8-12-6-7-16(22(23)27)21(26)18(12)10-19(14)20(15)25/h3-5,7,10,12,14,18H,6,8-9,11H2,1-2H3,(H2,23,27). The second kappa shape index (κ2) is 7.11. The van der Waals surface area contributed by atoms with Gasteiger partial charge in [0.15, 0.2) is 11.6 Å². The van der Waals surface area contributed by atoms with Crippen molar-refractivity contribution in [3.05, 3.63) is 58.2 Å². The summed E-state index contributed by atoms with van der Waals surface area (Å²) < 4.78 is 0. The summed E-state index contributed by atoms with van der Waals surface area (Å²) in [6.45, 7) is 0.605. The minimum Gasteiger partial charge on any atom is -0.365 e. The molecule has 0 saturated carbocycles. The van der Waals surface area contributed by atoms with Gasteiger partial charge in [-0.1, -0.05) is 30.4 Å². The van der Waals surface area contributed by atoms with Crippen LogP contribution >= 0.6 is 0 Å². The zero-order valence-electron chi connectivity index (χ0n) is 16.1. The maximum atomic E-state index is 13.2. The van der Waals surface area contributed by atoms with Gasteiger partial charge in [0.2, 0.25) is 0 Å². The van der Waals surface area contributed by atoms with Crippen LogP contribution in [0.5, 0.6) is 0 Å². The molecule has 2 N–H and O–H groups in total. The number of carbonyl (C=O) groups is 3. The summed E-state index contributed by atoms with van der Waals surface area (Å²) in [5, 5.41) is 1.73. The second-order valence-electron chi connectivity index (χ2n) is 7.87. The van der Waals surface area contributed by atoms with Gasteiger partial charge in [0.25, 0.3) is 5.91 Å². The van der Waals surface area contributed by atoms with Gasteiger partial charge in [-0.25, -0.2) is 0 Å². The summed E-state index contributed by atoms with van der Waals surface area (Å²) in [4.78, 5) is 42.7. The summed E-state index contributed by atoms with van der Waals surface area (Å²) >= 11 is 0. The van der Waals surface area contributed by atoms with Crippen molar-refractivity contribution in [2.45, 2.75) is 25.8 Å². The van der Waals surface area contributed by atoms with E-state index in [0.717, 1.165) is 24.0 Å². The number of carbonyl (C=O) groups excluding carboxylic acids is 3. The van der Waals surface area contributed by atoms with Gasteiger partial charge in [-0.2, -0.15) is 5.06 Å². The molecule has 6 nitrogen and oxygen atoms in total. The number of amides is 1. The summed E-state index contributed by atoms with van der Waals surface area (Å²) in [6, 6.07) is 5.78. The summed E-state index contributed by atoms with van der Waals surface area (Å²) in [5.74, 6) is -1.14. The molecule has 146 valence electrons. The molecule has 0 bridgehead atoms. The predicted octanol–water partition coefficient (Wildman–Crippen LogP) is 1.98. The number of nitrogens with zero attached hydrogens (tertiary/aromatic N) is 1. The largest absolute Gasteiger partial charge is 0.365 e. The lowest BCUT2D eigenvalue weighted by Crippen LogP contribution is -2.39. The fourth-order valence-electron chi connectivity index (χ4n) is 4.81. The Bertz CT molecular complexity index is 930. The third-order valence-corrected chi connectivity index (χ3v) is 6.29. The highest BCUT2D eigenvalue weighted by molar-refractivity contribution is 6.21. The van der Waals surface area contributed by atoms with E-state index in [-0.39, 0.29) is 29.0 Å². The number of nitrogens with two attached hydrogens (primary N) is 1. The number of ketones is 2. The van der Waals surface area contributed by atoms with Gasteiger partial charge < -0.3 is 10.6 Å². The summed E-state index contributed by atoms with van der Waals surface area (Å²) in [7, 11) is 3.48. The number of hydrogen-bond acceptors (Lipinski definition) is 5. The number of fused-ring (bicyclic) bond motifs is 3. The fourth-order valence-corrected chi connectivity index (χ4v) is 4.81. The molecule has 0 fully saturated rings. The van der Waals surface area contributed by atoms with Crippen LogP contribution < -0.4 is 5.73 Å². The molecule has 0 aromatic heterocycles. The first-order chi connectivity index (χ1) is 13.4. The van der Waals surface area contributed by atoms with Crippen molar-refractivity contribution in [3.8, 4) is 0 Å². The minimum atomic E-state index is -0.684. The van der Waals surface area contributed by atoms with Crippen molar-refractivity contribution in [3.63, 3.8) is 0 Å². The first kappa shape index (κ1) is 18.8. The van der Waals surface area contributed by atoms with Crippen LogP contribution in [0.1, 0.15) is 34.3 Å². The Morgan fingerprint density at radius 3 is 2.82 bits per heavy atom. The number of rotatable bonds is 4. The zero-order valence-corrected chi connectivity index (χ0v) is 16.1. The van der Waals surface area contributed by atoms with E-state index < -0.39 is 11.8 Å². The molecule has 3 aliphatic carbocycles. The molecule has 0 spiro atoms. The third kappa shape index (κ3) is 3.02. The van der Waals surface area contributed by atoms with Crippen molar-refractivity contribution in [1.82, 2.24) is 5.06 Å². The van der Waals surface area contributed by atoms with Gasteiger partial charge in [0, 0.05) is 30.6 Å². The Kier molecular flexibility index (Phi) is 4.77. The van der Waals surface area contributed by atoms with Crippen molar-refractivity contribution >= 4 is 17.5 Å². The molecule has 28 heavy (non-hydrogen) atoms. The Morgan fingerprint density at radius 1 is 1.32 bits per heavy atom. The molecule has 4 rings (SSSR count). The van der Waals surface area contributed by atoms with E-state index in [9.17, 15) is 14.4 Å². The highest BCUT2D eigenvalue weighted by atomic mass is 16.7. The predicted molar refractivity (Wildman–Crippen MR) is 103 cm³/mol. The normalized spacial score (nSPS) is 26.2. The first-order valence-corrected chi connectivity index (χ1v) is 9.57. The maximum Gasteiger partial charge on any atom is 0.252 e. The lowest BCUT2D eigenvalue weighted by molar-refractivity contribution is -0.124. The van der Waals surface area contributed by atoms with Crippen molar-refractivity contribution in [2.24, 2.45) is 23.5 Å². The number of hydroxylamine groups is 2. The smallest absolute Gasteiger partial charge is 0.252 e. The van der Waals surface area contributed by atoms with E-state index in [0.29, 0.717) is 24.1 Å². The summed E-state index contributed by atoms with van der Waals surface area (Å²) in [6.07, 6.45) is 5.68.